The molecule has 1 atom stereocenters. The van der Waals surface area contributed by atoms with Crippen molar-refractivity contribution in [2.75, 3.05) is 13.2 Å². The molecule has 0 rings (SSSR count). The van der Waals surface area contributed by atoms with Gasteiger partial charge >= 0.3 is 0 Å². The molecule has 0 radical (unpaired) electrons. The van der Waals surface area contributed by atoms with Gasteiger partial charge in [0.25, 0.3) is 0 Å². The number of aliphatic hydroxyl groups is 3. The van der Waals surface area contributed by atoms with Gasteiger partial charge in [-0.05, 0) is 13.8 Å². The van der Waals surface area contributed by atoms with Crippen LogP contribution in [0.4, 0.5) is 0 Å². The largest absolute Gasteiger partial charge is 0.394 e. The molecule has 0 aliphatic carbocycles. The summed E-state index contributed by atoms with van der Waals surface area (Å²) in [7, 11) is 0. The van der Waals surface area contributed by atoms with Gasteiger partial charge in [0, 0.05) is 0 Å². The molecule has 0 bridgehead atoms. The first-order valence-corrected chi connectivity index (χ1v) is 2.93. The van der Waals surface area contributed by atoms with Crippen molar-refractivity contribution in [3.05, 3.63) is 0 Å². The monoisotopic (exact) mass is 150 g/mol. The van der Waals surface area contributed by atoms with Crippen LogP contribution in [0.1, 0.15) is 13.8 Å². The Morgan fingerprint density at radius 1 is 1.50 bits per heavy atom. The lowest BCUT2D eigenvalue weighted by atomic mass is 10.5. The number of aliphatic hydroxyl groups excluding tert-OH is 3. The fourth-order valence-electron chi connectivity index (χ4n) is 0. The fraction of sp³-hybridized carbons (Fsp3) is 0.833. The zero-order valence-electron chi connectivity index (χ0n) is 6.24. The number of rotatable bonds is 2. The maximum atomic E-state index is 9.56. The normalized spacial score (nSPS) is 11.3. The molecule has 4 heteroatoms. The van der Waals surface area contributed by atoms with Crippen LogP contribution in [0.15, 0.2) is 0 Å². The molecule has 0 heterocycles. The van der Waals surface area contributed by atoms with Gasteiger partial charge in [0.1, 0.15) is 6.61 Å². The molecule has 0 saturated heterocycles. The van der Waals surface area contributed by atoms with Crippen molar-refractivity contribution in [3.63, 3.8) is 0 Å². The molecule has 0 spiro atoms. The standard InChI is InChI=1S/C3H8O2.C3H6O2/c2*1-3(5)2-4/h3-5H,2H2,1H3;4H,2H2,1H3/t3-;/m1./s1. The van der Waals surface area contributed by atoms with Crippen LogP contribution in [0.2, 0.25) is 0 Å². The SMILES string of the molecule is CC(=O)CO.C[C@@H](O)CO. The van der Waals surface area contributed by atoms with Gasteiger partial charge in [-0.2, -0.15) is 0 Å². The van der Waals surface area contributed by atoms with E-state index >= 15 is 0 Å². The van der Waals surface area contributed by atoms with E-state index in [0.29, 0.717) is 0 Å². The van der Waals surface area contributed by atoms with Gasteiger partial charge in [-0.3, -0.25) is 4.79 Å². The van der Waals surface area contributed by atoms with E-state index in [1.54, 1.807) is 0 Å². The summed E-state index contributed by atoms with van der Waals surface area (Å²) < 4.78 is 0. The van der Waals surface area contributed by atoms with E-state index in [1.807, 2.05) is 0 Å². The van der Waals surface area contributed by atoms with Gasteiger partial charge in [-0.15, -0.1) is 0 Å². The Kier molecular flexibility index (Phi) is 10.5. The number of hydrogen-bond donors (Lipinski definition) is 3. The minimum absolute atomic E-state index is 0.139. The Labute approximate surface area is 60.1 Å². The summed E-state index contributed by atoms with van der Waals surface area (Å²) in [6.07, 6.45) is -0.560. The van der Waals surface area contributed by atoms with Crippen LogP contribution in [-0.4, -0.2) is 40.4 Å². The predicted molar refractivity (Wildman–Crippen MR) is 36.5 cm³/mol. The number of Topliss-reactive ketones (excluding diaryl/α,β-unsaturated/α-hetero) is 1. The molecule has 62 valence electrons. The third-order valence-corrected chi connectivity index (χ3v) is 0.487. The van der Waals surface area contributed by atoms with Gasteiger partial charge in [0.2, 0.25) is 0 Å². The summed E-state index contributed by atoms with van der Waals surface area (Å²) in [5.41, 5.74) is 0. The summed E-state index contributed by atoms with van der Waals surface area (Å²) in [6.45, 7) is 2.39. The Hall–Kier alpha value is -0.450. The predicted octanol–water partition coefficient (Wildman–Crippen LogP) is -1.07. The van der Waals surface area contributed by atoms with Crippen LogP contribution in [0.25, 0.3) is 0 Å². The summed E-state index contributed by atoms with van der Waals surface area (Å²) in [4.78, 5) is 9.56. The van der Waals surface area contributed by atoms with Crippen LogP contribution in [0, 0.1) is 0 Å². The summed E-state index contributed by atoms with van der Waals surface area (Å²) in [5, 5.41) is 23.8. The second-order valence-corrected chi connectivity index (χ2v) is 1.89. The van der Waals surface area contributed by atoms with E-state index in [-0.39, 0.29) is 19.0 Å². The molecule has 10 heavy (non-hydrogen) atoms. The first-order valence-electron chi connectivity index (χ1n) is 2.93. The van der Waals surface area contributed by atoms with E-state index in [9.17, 15) is 4.79 Å². The first-order chi connectivity index (χ1) is 4.54. The zero-order chi connectivity index (χ0) is 8.57. The lowest BCUT2D eigenvalue weighted by molar-refractivity contribution is -0.119. The first kappa shape index (κ1) is 12.2. The number of ketones is 1. The van der Waals surface area contributed by atoms with Crippen molar-refractivity contribution in [3.8, 4) is 0 Å². The highest BCUT2D eigenvalue weighted by molar-refractivity contribution is 5.76. The molecule has 0 aromatic rings. The Morgan fingerprint density at radius 2 is 1.70 bits per heavy atom. The van der Waals surface area contributed by atoms with Crippen LogP contribution in [0.3, 0.4) is 0 Å². The van der Waals surface area contributed by atoms with Gasteiger partial charge in [0.05, 0.1) is 12.7 Å². The van der Waals surface area contributed by atoms with Crippen LogP contribution in [-0.2, 0) is 4.79 Å². The molecule has 4 nitrogen and oxygen atoms in total. The lowest BCUT2D eigenvalue weighted by Gasteiger charge is -1.90. The van der Waals surface area contributed by atoms with Crippen LogP contribution >= 0.6 is 0 Å². The summed E-state index contributed by atoms with van der Waals surface area (Å²) >= 11 is 0. The fourth-order valence-corrected chi connectivity index (χ4v) is 0. The average molecular weight is 150 g/mol. The summed E-state index contributed by atoms with van der Waals surface area (Å²) in [6, 6.07) is 0. The molecular formula is C6H14O4. The molecule has 0 unspecified atom stereocenters. The van der Waals surface area contributed by atoms with E-state index < -0.39 is 6.10 Å². The second kappa shape index (κ2) is 8.55. The smallest absolute Gasteiger partial charge is 0.155 e. The van der Waals surface area contributed by atoms with E-state index in [1.165, 1.54) is 13.8 Å². The van der Waals surface area contributed by atoms with Crippen molar-refractivity contribution in [1.29, 1.82) is 0 Å². The highest BCUT2D eigenvalue weighted by Crippen LogP contribution is 1.68. The average Bonchev–Trinajstić information content (AvgIpc) is 1.89. The Balaban J connectivity index is 0. The maximum Gasteiger partial charge on any atom is 0.155 e. The van der Waals surface area contributed by atoms with Crippen molar-refractivity contribution in [1.82, 2.24) is 0 Å². The lowest BCUT2D eigenvalue weighted by Crippen LogP contribution is -2.03. The third-order valence-electron chi connectivity index (χ3n) is 0.487. The van der Waals surface area contributed by atoms with Crippen molar-refractivity contribution in [2.24, 2.45) is 0 Å². The molecule has 0 amide bonds. The maximum absolute atomic E-state index is 9.56. The van der Waals surface area contributed by atoms with E-state index in [4.69, 9.17) is 15.3 Å². The van der Waals surface area contributed by atoms with Gasteiger partial charge in [-0.1, -0.05) is 0 Å². The van der Waals surface area contributed by atoms with E-state index in [2.05, 4.69) is 0 Å². The van der Waals surface area contributed by atoms with Crippen molar-refractivity contribution >= 4 is 5.78 Å². The number of hydrogen-bond acceptors (Lipinski definition) is 4. The quantitative estimate of drug-likeness (QED) is 0.468. The Morgan fingerprint density at radius 3 is 1.70 bits per heavy atom. The van der Waals surface area contributed by atoms with Gasteiger partial charge in [-0.25, -0.2) is 0 Å². The minimum atomic E-state index is -0.560. The molecule has 0 aliphatic heterocycles. The van der Waals surface area contributed by atoms with Crippen molar-refractivity contribution in [2.45, 2.75) is 20.0 Å². The molecule has 3 N–H and O–H groups in total. The highest BCUT2D eigenvalue weighted by Gasteiger charge is 1.83. The molecule has 0 fully saturated rings. The highest BCUT2D eigenvalue weighted by atomic mass is 16.3. The van der Waals surface area contributed by atoms with Gasteiger partial charge in [0.15, 0.2) is 5.78 Å². The minimum Gasteiger partial charge on any atom is -0.394 e. The topological polar surface area (TPSA) is 77.8 Å². The molecule has 0 aromatic heterocycles. The number of carbonyl (C=O) groups excluding carboxylic acids is 1. The van der Waals surface area contributed by atoms with E-state index in [0.717, 1.165) is 0 Å². The second-order valence-electron chi connectivity index (χ2n) is 1.89. The third kappa shape index (κ3) is 25.7. The summed E-state index contributed by atoms with van der Waals surface area (Å²) in [5.74, 6) is -0.190. The molecule has 0 aromatic carbocycles. The number of carbonyl (C=O) groups is 1. The van der Waals surface area contributed by atoms with Crippen LogP contribution in [0.5, 0.6) is 0 Å². The van der Waals surface area contributed by atoms with Gasteiger partial charge < -0.3 is 15.3 Å². The Bertz CT molecular complexity index is 79.8. The van der Waals surface area contributed by atoms with Crippen LogP contribution < -0.4 is 0 Å². The molecule has 0 aliphatic rings. The zero-order valence-corrected chi connectivity index (χ0v) is 6.24. The molecular weight excluding hydrogens is 136 g/mol. The molecule has 0 saturated carbocycles. The van der Waals surface area contributed by atoms with Crippen molar-refractivity contribution < 1.29 is 20.1 Å².